The molecule has 11 nitrogen and oxygen atoms in total. The van der Waals surface area contributed by atoms with Gasteiger partial charge in [-0.2, -0.15) is 8.78 Å². The van der Waals surface area contributed by atoms with Crippen LogP contribution in [0.4, 0.5) is 17.6 Å². The van der Waals surface area contributed by atoms with E-state index in [-0.39, 0.29) is 10.3 Å². The summed E-state index contributed by atoms with van der Waals surface area (Å²) in [5.41, 5.74) is -5.73. The average molecular weight is 599 g/mol. The number of alkyl halides is 4. The molecule has 5 atom stereocenters. The van der Waals surface area contributed by atoms with Gasteiger partial charge < -0.3 is 23.6 Å². The monoisotopic (exact) mass is 599 g/mol. The maximum atomic E-state index is 15.1. The van der Waals surface area contributed by atoms with E-state index in [2.05, 4.69) is 5.09 Å². The molecule has 39 heavy (non-hydrogen) atoms. The standard InChI is InChI=1S/C22H26F4N3O8PS/c1-12(2)35-16(31)13(3)28-38(39,37-14-7-5-4-6-8-14)34-11-21(18(23)24)17(32)22(25,26)19(36-21)29-10-9-15(30)27-20(29)33/h4-10,12-13,17-19,32H,11H2,1-3H3,(H,28,39)(H,27,30,33). The van der Waals surface area contributed by atoms with Crippen molar-refractivity contribution in [2.75, 3.05) is 6.61 Å². The second-order valence-corrected chi connectivity index (χ2v) is 12.0. The second-order valence-electron chi connectivity index (χ2n) is 8.83. The molecule has 5 unspecified atom stereocenters. The number of nitrogens with one attached hydrogen (secondary N) is 2. The van der Waals surface area contributed by atoms with E-state index in [0.717, 1.165) is 0 Å². The van der Waals surface area contributed by atoms with E-state index in [0.29, 0.717) is 12.3 Å². The van der Waals surface area contributed by atoms with Crippen molar-refractivity contribution in [3.05, 3.63) is 63.4 Å². The van der Waals surface area contributed by atoms with E-state index in [1.807, 2.05) is 0 Å². The number of hydrogen-bond donors (Lipinski definition) is 3. The van der Waals surface area contributed by atoms with Gasteiger partial charge in [0.2, 0.25) is 6.23 Å². The Morgan fingerprint density at radius 1 is 1.23 bits per heavy atom. The number of halogens is 4. The van der Waals surface area contributed by atoms with Gasteiger partial charge in [-0.3, -0.25) is 19.1 Å². The summed E-state index contributed by atoms with van der Waals surface area (Å²) in [6, 6.07) is 7.16. The Balaban J connectivity index is 1.95. The number of aliphatic hydroxyl groups excluding tert-OH is 1. The first kappa shape index (κ1) is 30.9. The summed E-state index contributed by atoms with van der Waals surface area (Å²) < 4.78 is 80.2. The Kier molecular flexibility index (Phi) is 9.40. The van der Waals surface area contributed by atoms with Gasteiger partial charge in [0.25, 0.3) is 12.0 Å². The number of ether oxygens (including phenoxy) is 2. The number of nitrogens with zero attached hydrogens (tertiary/aromatic N) is 1. The summed E-state index contributed by atoms with van der Waals surface area (Å²) in [4.78, 5) is 37.5. The maximum Gasteiger partial charge on any atom is 0.330 e. The Hall–Kier alpha value is -2.62. The van der Waals surface area contributed by atoms with E-state index in [4.69, 9.17) is 30.3 Å². The molecule has 1 aromatic carbocycles. The molecule has 0 amide bonds. The number of para-hydroxylation sites is 1. The van der Waals surface area contributed by atoms with Crippen LogP contribution in [0.5, 0.6) is 5.75 Å². The number of carbonyl (C=O) groups is 1. The van der Waals surface area contributed by atoms with Crippen LogP contribution in [-0.2, 0) is 30.6 Å². The van der Waals surface area contributed by atoms with Crippen molar-refractivity contribution in [1.29, 1.82) is 0 Å². The van der Waals surface area contributed by atoms with E-state index < -0.39 is 72.9 Å². The van der Waals surface area contributed by atoms with Gasteiger partial charge in [0.15, 0.2) is 11.7 Å². The minimum atomic E-state index is -4.45. The lowest BCUT2D eigenvalue weighted by atomic mass is 9.96. The third kappa shape index (κ3) is 6.76. The fraction of sp³-hybridized carbons (Fsp3) is 0.500. The van der Waals surface area contributed by atoms with Gasteiger partial charge in [0.05, 0.1) is 12.7 Å². The van der Waals surface area contributed by atoms with Gasteiger partial charge in [-0.25, -0.2) is 18.7 Å². The molecule has 0 saturated carbocycles. The van der Waals surface area contributed by atoms with Gasteiger partial charge in [0.1, 0.15) is 11.8 Å². The SMILES string of the molecule is CC(C)OC(=O)C(C)NP(=S)(OCC1(C(F)F)OC(n2ccc(=O)[nH]c2=O)C(F)(F)C1O)Oc1ccccc1. The molecule has 1 aromatic heterocycles. The quantitative estimate of drug-likeness (QED) is 0.200. The molecule has 2 aromatic rings. The Bertz CT molecular complexity index is 1330. The van der Waals surface area contributed by atoms with Crippen LogP contribution in [0, 0.1) is 0 Å². The van der Waals surface area contributed by atoms with Gasteiger partial charge in [-0.05, 0) is 44.7 Å². The molecule has 1 aliphatic heterocycles. The van der Waals surface area contributed by atoms with Crippen molar-refractivity contribution in [1.82, 2.24) is 14.6 Å². The van der Waals surface area contributed by atoms with Crippen molar-refractivity contribution >= 4 is 24.4 Å². The van der Waals surface area contributed by atoms with Crippen LogP contribution < -0.4 is 20.9 Å². The highest BCUT2D eigenvalue weighted by molar-refractivity contribution is 8.09. The molecule has 216 valence electrons. The minimum absolute atomic E-state index is 0.0970. The summed E-state index contributed by atoms with van der Waals surface area (Å²) >= 11 is 5.40. The van der Waals surface area contributed by atoms with Crippen molar-refractivity contribution in [3.63, 3.8) is 0 Å². The molecule has 1 fully saturated rings. The molecule has 0 aliphatic carbocycles. The highest BCUT2D eigenvalue weighted by Gasteiger charge is 2.71. The topological polar surface area (TPSA) is 141 Å². The lowest BCUT2D eigenvalue weighted by molar-refractivity contribution is -0.192. The van der Waals surface area contributed by atoms with Gasteiger partial charge in [0, 0.05) is 12.3 Å². The molecule has 3 N–H and O–H groups in total. The van der Waals surface area contributed by atoms with E-state index in [1.165, 1.54) is 19.1 Å². The first-order chi connectivity index (χ1) is 18.1. The first-order valence-corrected chi connectivity index (χ1v) is 14.1. The van der Waals surface area contributed by atoms with Gasteiger partial charge in [-0.1, -0.05) is 18.2 Å². The normalized spacial score (nSPS) is 24.9. The van der Waals surface area contributed by atoms with E-state index >= 15 is 8.78 Å². The van der Waals surface area contributed by atoms with Crippen LogP contribution in [-0.4, -0.2) is 63.4 Å². The Morgan fingerprint density at radius 2 is 1.87 bits per heavy atom. The van der Waals surface area contributed by atoms with Crippen molar-refractivity contribution in [3.8, 4) is 5.75 Å². The summed E-state index contributed by atoms with van der Waals surface area (Å²) in [5.74, 6) is -5.14. The Morgan fingerprint density at radius 3 is 2.44 bits per heavy atom. The van der Waals surface area contributed by atoms with Crippen LogP contribution in [0.2, 0.25) is 0 Å². The lowest BCUT2D eigenvalue weighted by Crippen LogP contribution is -2.54. The van der Waals surface area contributed by atoms with E-state index in [9.17, 15) is 28.3 Å². The molecule has 1 aliphatic rings. The largest absolute Gasteiger partial charge is 0.462 e. The summed E-state index contributed by atoms with van der Waals surface area (Å²) in [6.45, 7) is -0.939. The zero-order valence-corrected chi connectivity index (χ0v) is 22.5. The minimum Gasteiger partial charge on any atom is -0.462 e. The fourth-order valence-corrected chi connectivity index (χ4v) is 5.95. The zero-order chi connectivity index (χ0) is 29.2. The summed E-state index contributed by atoms with van der Waals surface area (Å²) in [7, 11) is 0. The number of aliphatic hydroxyl groups is 1. The molecular formula is C22H26F4N3O8PS. The predicted molar refractivity (Wildman–Crippen MR) is 132 cm³/mol. The van der Waals surface area contributed by atoms with Crippen molar-refractivity contribution in [2.24, 2.45) is 0 Å². The highest BCUT2D eigenvalue weighted by atomic mass is 32.5. The average Bonchev–Trinajstić information content (AvgIpc) is 3.04. The molecule has 17 heteroatoms. The maximum absolute atomic E-state index is 15.1. The first-order valence-electron chi connectivity index (χ1n) is 11.4. The van der Waals surface area contributed by atoms with Crippen molar-refractivity contribution in [2.45, 2.75) is 63.2 Å². The van der Waals surface area contributed by atoms with Gasteiger partial charge >= 0.3 is 24.2 Å². The molecular weight excluding hydrogens is 573 g/mol. The molecule has 0 radical (unpaired) electrons. The summed E-state index contributed by atoms with van der Waals surface area (Å²) in [6.07, 6.45) is -9.62. The lowest BCUT2D eigenvalue weighted by Gasteiger charge is -2.34. The highest BCUT2D eigenvalue weighted by Crippen LogP contribution is 2.53. The number of aromatic amines is 1. The smallest absolute Gasteiger partial charge is 0.330 e. The van der Waals surface area contributed by atoms with Crippen LogP contribution in [0.3, 0.4) is 0 Å². The molecule has 0 spiro atoms. The number of hydrogen-bond acceptors (Lipinski definition) is 9. The number of benzene rings is 1. The number of carbonyl (C=O) groups excluding carboxylic acids is 1. The summed E-state index contributed by atoms with van der Waals surface area (Å²) in [5, 5.41) is 13.0. The second kappa shape index (κ2) is 11.9. The molecule has 3 rings (SSSR count). The third-order valence-electron chi connectivity index (χ3n) is 5.45. The predicted octanol–water partition coefficient (Wildman–Crippen LogP) is 2.32. The number of rotatable bonds is 11. The third-order valence-corrected chi connectivity index (χ3v) is 7.93. The van der Waals surface area contributed by atoms with Crippen LogP contribution in [0.25, 0.3) is 0 Å². The van der Waals surface area contributed by atoms with E-state index in [1.54, 1.807) is 37.0 Å². The van der Waals surface area contributed by atoms with Crippen LogP contribution >= 0.6 is 6.64 Å². The molecule has 0 bridgehead atoms. The van der Waals surface area contributed by atoms with Gasteiger partial charge in [-0.15, -0.1) is 0 Å². The number of esters is 1. The van der Waals surface area contributed by atoms with Crippen LogP contribution in [0.15, 0.2) is 52.2 Å². The molecule has 2 heterocycles. The Labute approximate surface area is 224 Å². The van der Waals surface area contributed by atoms with Crippen LogP contribution in [0.1, 0.15) is 27.0 Å². The van der Waals surface area contributed by atoms with Crippen molar-refractivity contribution < 1.29 is 46.0 Å². The molecule has 1 saturated heterocycles. The number of H-pyrrole nitrogens is 1. The number of aromatic nitrogens is 2. The zero-order valence-electron chi connectivity index (χ0n) is 20.8. The fourth-order valence-electron chi connectivity index (χ4n) is 3.53.